The first kappa shape index (κ1) is 15.6. The van der Waals surface area contributed by atoms with E-state index in [4.69, 9.17) is 0 Å². The van der Waals surface area contributed by atoms with Gasteiger partial charge in [-0.05, 0) is 73.7 Å². The van der Waals surface area contributed by atoms with Crippen LogP contribution in [0.2, 0.25) is 0 Å². The molecule has 1 N–H and O–H groups in total. The normalized spacial score (nSPS) is 52.5. The maximum Gasteiger partial charge on any atom is 0.159 e. The third-order valence-electron chi connectivity index (χ3n) is 8.35. The number of aliphatic hydroxyl groups is 1. The van der Waals surface area contributed by atoms with Crippen molar-refractivity contribution in [3.8, 4) is 0 Å². The summed E-state index contributed by atoms with van der Waals surface area (Å²) in [4.78, 5) is 24.6. The summed E-state index contributed by atoms with van der Waals surface area (Å²) < 4.78 is 0. The van der Waals surface area contributed by atoms with Crippen LogP contribution in [0.15, 0.2) is 11.6 Å². The van der Waals surface area contributed by atoms with E-state index in [0.717, 1.165) is 37.7 Å². The van der Waals surface area contributed by atoms with Gasteiger partial charge in [-0.25, -0.2) is 0 Å². The van der Waals surface area contributed by atoms with Crippen LogP contribution in [0, 0.1) is 28.6 Å². The Morgan fingerprint density at radius 1 is 1.04 bits per heavy atom. The Morgan fingerprint density at radius 2 is 1.74 bits per heavy atom. The number of ketones is 2. The fourth-order valence-electron chi connectivity index (χ4n) is 6.63. The lowest BCUT2D eigenvalue weighted by molar-refractivity contribution is -0.140. The van der Waals surface area contributed by atoms with Gasteiger partial charge in [-0.2, -0.15) is 0 Å². The van der Waals surface area contributed by atoms with Gasteiger partial charge in [0, 0.05) is 18.4 Å². The molecule has 0 aromatic rings. The molecule has 3 fully saturated rings. The van der Waals surface area contributed by atoms with E-state index < -0.39 is 5.60 Å². The van der Waals surface area contributed by atoms with Crippen LogP contribution in [-0.2, 0) is 9.59 Å². The molecule has 4 rings (SSSR count). The lowest BCUT2D eigenvalue weighted by Gasteiger charge is -2.58. The molecule has 4 aliphatic carbocycles. The molecule has 6 unspecified atom stereocenters. The lowest BCUT2D eigenvalue weighted by atomic mass is 9.46. The molecule has 23 heavy (non-hydrogen) atoms. The van der Waals surface area contributed by atoms with Crippen LogP contribution in [0.3, 0.4) is 0 Å². The second-order valence-corrected chi connectivity index (χ2v) is 9.21. The van der Waals surface area contributed by atoms with Crippen molar-refractivity contribution in [1.29, 1.82) is 0 Å². The SMILES string of the molecule is CC12CCC(=O)C=C1C(=O)CC1C2CCC2(C)C1CCC2(C)O. The number of rotatable bonds is 0. The fraction of sp³-hybridized carbons (Fsp3) is 0.800. The summed E-state index contributed by atoms with van der Waals surface area (Å²) in [5.74, 6) is 1.62. The zero-order chi connectivity index (χ0) is 16.6. The second-order valence-electron chi connectivity index (χ2n) is 9.21. The molecule has 0 aliphatic heterocycles. The first-order valence-corrected chi connectivity index (χ1v) is 9.20. The van der Waals surface area contributed by atoms with Gasteiger partial charge in [0.05, 0.1) is 5.60 Å². The van der Waals surface area contributed by atoms with E-state index in [1.165, 1.54) is 0 Å². The highest BCUT2D eigenvalue weighted by Gasteiger charge is 2.63. The van der Waals surface area contributed by atoms with Crippen molar-refractivity contribution in [2.75, 3.05) is 0 Å². The molecule has 0 bridgehead atoms. The number of fused-ring (bicyclic) bond motifs is 5. The summed E-state index contributed by atoms with van der Waals surface area (Å²) in [6, 6.07) is 0. The van der Waals surface area contributed by atoms with Crippen molar-refractivity contribution in [1.82, 2.24) is 0 Å². The highest BCUT2D eigenvalue weighted by Crippen LogP contribution is 2.66. The molecule has 3 heteroatoms. The summed E-state index contributed by atoms with van der Waals surface area (Å²) >= 11 is 0. The minimum atomic E-state index is -0.606. The van der Waals surface area contributed by atoms with Crippen LogP contribution < -0.4 is 0 Å². The molecule has 4 aliphatic rings. The standard InChI is InChI=1S/C20H28O3/c1-18-7-4-12(21)10-16(18)17(22)11-13-14(18)5-8-19(2)15(13)6-9-20(19,3)23/h10,13-15,23H,4-9,11H2,1-3H3. The Labute approximate surface area is 138 Å². The zero-order valence-corrected chi connectivity index (χ0v) is 14.5. The Hall–Kier alpha value is -0.960. The maximum absolute atomic E-state index is 12.8. The third kappa shape index (κ3) is 1.86. The van der Waals surface area contributed by atoms with Gasteiger partial charge in [0.2, 0.25) is 0 Å². The monoisotopic (exact) mass is 316 g/mol. The van der Waals surface area contributed by atoms with Crippen molar-refractivity contribution >= 4 is 11.6 Å². The van der Waals surface area contributed by atoms with E-state index in [-0.39, 0.29) is 22.4 Å². The van der Waals surface area contributed by atoms with E-state index >= 15 is 0 Å². The van der Waals surface area contributed by atoms with Crippen molar-refractivity contribution in [3.63, 3.8) is 0 Å². The van der Waals surface area contributed by atoms with Gasteiger partial charge in [-0.1, -0.05) is 13.8 Å². The van der Waals surface area contributed by atoms with E-state index in [9.17, 15) is 14.7 Å². The van der Waals surface area contributed by atoms with E-state index in [0.29, 0.717) is 30.6 Å². The summed E-state index contributed by atoms with van der Waals surface area (Å²) in [5, 5.41) is 10.9. The zero-order valence-electron chi connectivity index (χ0n) is 14.5. The van der Waals surface area contributed by atoms with Gasteiger partial charge in [0.15, 0.2) is 11.6 Å². The number of allylic oxidation sites excluding steroid dienone is 1. The predicted molar refractivity (Wildman–Crippen MR) is 87.7 cm³/mol. The van der Waals surface area contributed by atoms with Crippen LogP contribution >= 0.6 is 0 Å². The van der Waals surface area contributed by atoms with E-state index in [1.54, 1.807) is 6.08 Å². The molecule has 3 nitrogen and oxygen atoms in total. The fourth-order valence-corrected chi connectivity index (χ4v) is 6.63. The molecule has 6 atom stereocenters. The Morgan fingerprint density at radius 3 is 2.48 bits per heavy atom. The van der Waals surface area contributed by atoms with Crippen LogP contribution in [-0.4, -0.2) is 22.3 Å². The average Bonchev–Trinajstić information content (AvgIpc) is 2.72. The maximum atomic E-state index is 12.8. The Balaban J connectivity index is 1.75. The molecule has 0 saturated heterocycles. The largest absolute Gasteiger partial charge is 0.390 e. The molecule has 0 aromatic heterocycles. The molecule has 126 valence electrons. The third-order valence-corrected chi connectivity index (χ3v) is 8.35. The number of hydrogen-bond acceptors (Lipinski definition) is 3. The van der Waals surface area contributed by atoms with Crippen molar-refractivity contribution in [3.05, 3.63) is 11.6 Å². The molecule has 0 spiro atoms. The number of carbonyl (C=O) groups excluding carboxylic acids is 2. The Bertz CT molecular complexity index is 616. The number of hydrogen-bond donors (Lipinski definition) is 1. The minimum Gasteiger partial charge on any atom is -0.390 e. The van der Waals surface area contributed by atoms with Crippen molar-refractivity contribution < 1.29 is 14.7 Å². The van der Waals surface area contributed by atoms with Gasteiger partial charge < -0.3 is 5.11 Å². The molecule has 0 amide bonds. The van der Waals surface area contributed by atoms with Crippen LogP contribution in [0.1, 0.15) is 65.7 Å². The van der Waals surface area contributed by atoms with Crippen LogP contribution in [0.5, 0.6) is 0 Å². The van der Waals surface area contributed by atoms with Gasteiger partial charge in [0.1, 0.15) is 0 Å². The summed E-state index contributed by atoms with van der Waals surface area (Å²) in [5.41, 5.74) is 0.0224. The molecule has 0 radical (unpaired) electrons. The molecular weight excluding hydrogens is 288 g/mol. The summed E-state index contributed by atoms with van der Waals surface area (Å²) in [7, 11) is 0. The highest BCUT2D eigenvalue weighted by atomic mass is 16.3. The van der Waals surface area contributed by atoms with Crippen LogP contribution in [0.4, 0.5) is 0 Å². The predicted octanol–water partition coefficient (Wildman–Crippen LogP) is 3.45. The lowest BCUT2D eigenvalue weighted by Crippen LogP contribution is -2.55. The number of carbonyl (C=O) groups is 2. The van der Waals surface area contributed by atoms with Crippen molar-refractivity contribution in [2.45, 2.75) is 71.3 Å². The quantitative estimate of drug-likeness (QED) is 0.745. The van der Waals surface area contributed by atoms with Gasteiger partial charge in [-0.15, -0.1) is 0 Å². The molecule has 0 heterocycles. The summed E-state index contributed by atoms with van der Waals surface area (Å²) in [6.45, 7) is 6.45. The van der Waals surface area contributed by atoms with E-state index in [1.807, 2.05) is 6.92 Å². The van der Waals surface area contributed by atoms with Gasteiger partial charge in [-0.3, -0.25) is 9.59 Å². The first-order valence-electron chi connectivity index (χ1n) is 9.20. The first-order chi connectivity index (χ1) is 10.7. The molecular formula is C20H28O3. The topological polar surface area (TPSA) is 54.4 Å². The smallest absolute Gasteiger partial charge is 0.159 e. The van der Waals surface area contributed by atoms with E-state index in [2.05, 4.69) is 13.8 Å². The minimum absolute atomic E-state index is 0.0590. The van der Waals surface area contributed by atoms with Crippen molar-refractivity contribution in [2.24, 2.45) is 28.6 Å². The Kier molecular flexibility index (Phi) is 3.09. The second kappa shape index (κ2) is 4.56. The number of Topliss-reactive ketones (excluding diaryl/α,β-unsaturated/α-hetero) is 1. The van der Waals surface area contributed by atoms with Gasteiger partial charge >= 0.3 is 0 Å². The van der Waals surface area contributed by atoms with Crippen LogP contribution in [0.25, 0.3) is 0 Å². The summed E-state index contributed by atoms with van der Waals surface area (Å²) in [6.07, 6.45) is 7.63. The molecule has 3 saturated carbocycles. The molecule has 0 aromatic carbocycles. The average molecular weight is 316 g/mol. The highest BCUT2D eigenvalue weighted by molar-refractivity contribution is 6.05. The van der Waals surface area contributed by atoms with Gasteiger partial charge in [0.25, 0.3) is 0 Å².